The van der Waals surface area contributed by atoms with Crippen LogP contribution in [0.5, 0.6) is 0 Å². The van der Waals surface area contributed by atoms with E-state index in [-0.39, 0.29) is 6.10 Å². The molecule has 2 aliphatic heterocycles. The van der Waals surface area contributed by atoms with Gasteiger partial charge in [-0.05, 0) is 42.0 Å². The van der Waals surface area contributed by atoms with Gasteiger partial charge in [0.25, 0.3) is 0 Å². The average molecular weight is 386 g/mol. The van der Waals surface area contributed by atoms with Gasteiger partial charge < -0.3 is 10.1 Å². The quantitative estimate of drug-likeness (QED) is 0.663. The lowest BCUT2D eigenvalue weighted by Gasteiger charge is -2.44. The Labute approximate surface area is 152 Å². The largest absolute Gasteiger partial charge is 0.377 e. The monoisotopic (exact) mass is 385 g/mol. The predicted octanol–water partition coefficient (Wildman–Crippen LogP) is 6.21. The highest BCUT2D eigenvalue weighted by atomic mass is 79.9. The fraction of sp³-hybridized carbons (Fsp3) is 0.429. The van der Waals surface area contributed by atoms with E-state index in [0.717, 1.165) is 13.0 Å². The van der Waals surface area contributed by atoms with Gasteiger partial charge in [0.1, 0.15) is 0 Å². The fourth-order valence-corrected chi connectivity index (χ4v) is 4.62. The molecule has 3 heteroatoms. The molecule has 0 bridgehead atoms. The van der Waals surface area contributed by atoms with Crippen LogP contribution in [-0.4, -0.2) is 6.61 Å². The normalized spacial score (nSPS) is 25.8. The van der Waals surface area contributed by atoms with Crippen molar-refractivity contribution in [3.63, 3.8) is 0 Å². The molecule has 0 amide bonds. The van der Waals surface area contributed by atoms with E-state index in [1.54, 1.807) is 0 Å². The zero-order valence-corrected chi connectivity index (χ0v) is 15.8. The summed E-state index contributed by atoms with van der Waals surface area (Å²) in [4.78, 5) is 0. The summed E-state index contributed by atoms with van der Waals surface area (Å²) in [5.74, 6) is 1.02. The Kier molecular flexibility index (Phi) is 4.40. The summed E-state index contributed by atoms with van der Waals surface area (Å²) in [7, 11) is 0. The zero-order chi connectivity index (χ0) is 16.7. The summed E-state index contributed by atoms with van der Waals surface area (Å²) in [6, 6.07) is 15.7. The van der Waals surface area contributed by atoms with Gasteiger partial charge in [0.05, 0.1) is 12.1 Å². The molecule has 1 fully saturated rings. The number of benzene rings is 2. The first-order chi connectivity index (χ1) is 11.6. The van der Waals surface area contributed by atoms with Crippen LogP contribution in [-0.2, 0) is 4.74 Å². The van der Waals surface area contributed by atoms with Gasteiger partial charge in [-0.15, -0.1) is 0 Å². The number of halogens is 1. The molecule has 0 spiro atoms. The minimum atomic E-state index is 0.200. The summed E-state index contributed by atoms with van der Waals surface area (Å²) < 4.78 is 7.45. The van der Waals surface area contributed by atoms with Crippen molar-refractivity contribution in [2.45, 2.75) is 44.8 Å². The number of rotatable bonds is 2. The number of hydrogen-bond donors (Lipinski definition) is 1. The van der Waals surface area contributed by atoms with Crippen LogP contribution >= 0.6 is 15.9 Å². The van der Waals surface area contributed by atoms with Gasteiger partial charge in [-0.1, -0.05) is 60.1 Å². The second-order valence-corrected chi connectivity index (χ2v) is 8.10. The first-order valence-electron chi connectivity index (χ1n) is 8.91. The molecule has 2 heterocycles. The lowest BCUT2D eigenvalue weighted by atomic mass is 9.77. The van der Waals surface area contributed by atoms with Crippen molar-refractivity contribution in [2.75, 3.05) is 11.9 Å². The third kappa shape index (κ3) is 2.78. The van der Waals surface area contributed by atoms with Gasteiger partial charge >= 0.3 is 0 Å². The van der Waals surface area contributed by atoms with Gasteiger partial charge in [-0.3, -0.25) is 0 Å². The van der Waals surface area contributed by atoms with Crippen LogP contribution in [0.25, 0.3) is 0 Å². The van der Waals surface area contributed by atoms with Crippen molar-refractivity contribution >= 4 is 21.6 Å². The maximum absolute atomic E-state index is 6.28. The van der Waals surface area contributed by atoms with Crippen LogP contribution in [0, 0.1) is 5.92 Å². The van der Waals surface area contributed by atoms with Crippen molar-refractivity contribution in [2.24, 2.45) is 5.92 Å². The molecule has 0 aromatic heterocycles. The summed E-state index contributed by atoms with van der Waals surface area (Å²) >= 11 is 3.74. The SMILES string of the molecule is CC(C)c1ccc2c(c1)C1OCCCC1[C@H](c1ccccc1Br)N2. The molecular formula is C21H24BrNO. The molecular weight excluding hydrogens is 362 g/mol. The highest BCUT2D eigenvalue weighted by Crippen LogP contribution is 2.50. The number of fused-ring (bicyclic) bond motifs is 3. The second kappa shape index (κ2) is 6.53. The number of nitrogens with one attached hydrogen (secondary N) is 1. The van der Waals surface area contributed by atoms with Crippen LogP contribution in [0.4, 0.5) is 5.69 Å². The molecule has 0 aliphatic carbocycles. The first-order valence-corrected chi connectivity index (χ1v) is 9.71. The Balaban J connectivity index is 1.79. The molecule has 3 atom stereocenters. The maximum atomic E-state index is 6.28. The molecule has 24 heavy (non-hydrogen) atoms. The third-order valence-corrected chi connectivity index (χ3v) is 6.12. The smallest absolute Gasteiger partial charge is 0.0895 e. The Hall–Kier alpha value is -1.32. The minimum Gasteiger partial charge on any atom is -0.377 e. The average Bonchev–Trinajstić information content (AvgIpc) is 2.61. The van der Waals surface area contributed by atoms with Crippen molar-refractivity contribution in [3.05, 3.63) is 63.6 Å². The van der Waals surface area contributed by atoms with E-state index in [1.165, 1.54) is 33.3 Å². The van der Waals surface area contributed by atoms with E-state index in [0.29, 0.717) is 17.9 Å². The van der Waals surface area contributed by atoms with Gasteiger partial charge in [0, 0.05) is 28.2 Å². The first kappa shape index (κ1) is 16.2. The number of ether oxygens (including phenoxy) is 1. The Morgan fingerprint density at radius 1 is 1.12 bits per heavy atom. The van der Waals surface area contributed by atoms with E-state index < -0.39 is 0 Å². The van der Waals surface area contributed by atoms with E-state index in [9.17, 15) is 0 Å². The van der Waals surface area contributed by atoms with E-state index >= 15 is 0 Å². The molecule has 126 valence electrons. The predicted molar refractivity (Wildman–Crippen MR) is 102 cm³/mol. The molecule has 2 aliphatic rings. The van der Waals surface area contributed by atoms with Gasteiger partial charge in [0.2, 0.25) is 0 Å². The van der Waals surface area contributed by atoms with E-state index in [2.05, 4.69) is 77.6 Å². The Morgan fingerprint density at radius 3 is 2.75 bits per heavy atom. The topological polar surface area (TPSA) is 21.3 Å². The minimum absolute atomic E-state index is 0.200. The molecule has 2 aromatic rings. The maximum Gasteiger partial charge on any atom is 0.0895 e. The highest BCUT2D eigenvalue weighted by Gasteiger charge is 2.40. The van der Waals surface area contributed by atoms with Crippen LogP contribution < -0.4 is 5.32 Å². The second-order valence-electron chi connectivity index (χ2n) is 7.24. The van der Waals surface area contributed by atoms with E-state index in [1.807, 2.05) is 0 Å². The van der Waals surface area contributed by atoms with Crippen molar-refractivity contribution < 1.29 is 4.74 Å². The van der Waals surface area contributed by atoms with E-state index in [4.69, 9.17) is 4.74 Å². The number of hydrogen-bond acceptors (Lipinski definition) is 2. The van der Waals surface area contributed by atoms with Crippen LogP contribution in [0.3, 0.4) is 0 Å². The fourth-order valence-electron chi connectivity index (χ4n) is 4.08. The molecule has 1 N–H and O–H groups in total. The molecule has 1 saturated heterocycles. The summed E-state index contributed by atoms with van der Waals surface area (Å²) in [6.07, 6.45) is 2.55. The summed E-state index contributed by atoms with van der Waals surface area (Å²) in [5.41, 5.74) is 5.29. The number of anilines is 1. The van der Waals surface area contributed by atoms with Gasteiger partial charge in [-0.25, -0.2) is 0 Å². The Bertz CT molecular complexity index is 742. The summed E-state index contributed by atoms with van der Waals surface area (Å²) in [5, 5.41) is 3.81. The van der Waals surface area contributed by atoms with Crippen LogP contribution in [0.15, 0.2) is 46.9 Å². The van der Waals surface area contributed by atoms with Crippen molar-refractivity contribution in [1.82, 2.24) is 0 Å². The molecule has 2 aromatic carbocycles. The van der Waals surface area contributed by atoms with Crippen molar-refractivity contribution in [1.29, 1.82) is 0 Å². The van der Waals surface area contributed by atoms with Crippen LogP contribution in [0.2, 0.25) is 0 Å². The molecule has 2 nitrogen and oxygen atoms in total. The van der Waals surface area contributed by atoms with Crippen molar-refractivity contribution in [3.8, 4) is 0 Å². The standard InChI is InChI=1S/C21H24BrNO/c1-13(2)14-9-10-19-17(12-14)21-16(7-5-11-24-21)20(23-19)15-6-3-4-8-18(15)22/h3-4,6,8-10,12-13,16,20-21,23H,5,7,11H2,1-2H3/t16?,20-,21?/m0/s1. The molecule has 0 radical (unpaired) electrons. The van der Waals surface area contributed by atoms with Gasteiger partial charge in [0.15, 0.2) is 0 Å². The third-order valence-electron chi connectivity index (χ3n) is 5.40. The molecule has 4 rings (SSSR count). The zero-order valence-electron chi connectivity index (χ0n) is 14.3. The highest BCUT2D eigenvalue weighted by molar-refractivity contribution is 9.10. The lowest BCUT2D eigenvalue weighted by molar-refractivity contribution is -0.0382. The lowest BCUT2D eigenvalue weighted by Crippen LogP contribution is -2.36. The van der Waals surface area contributed by atoms with Gasteiger partial charge in [-0.2, -0.15) is 0 Å². The summed E-state index contributed by atoms with van der Waals surface area (Å²) in [6.45, 7) is 5.37. The molecule has 0 saturated carbocycles. The molecule has 2 unspecified atom stereocenters. The Morgan fingerprint density at radius 2 is 1.96 bits per heavy atom. The van der Waals surface area contributed by atoms with Crippen LogP contribution in [0.1, 0.15) is 61.4 Å².